The van der Waals surface area contributed by atoms with Gasteiger partial charge in [-0.3, -0.25) is 9.48 Å². The van der Waals surface area contributed by atoms with Crippen LogP contribution in [0, 0.1) is 5.92 Å². The first-order valence-electron chi connectivity index (χ1n) is 8.27. The van der Waals surface area contributed by atoms with Gasteiger partial charge >= 0.3 is 6.09 Å². The van der Waals surface area contributed by atoms with Gasteiger partial charge in [-0.1, -0.05) is 13.8 Å². The molecule has 0 radical (unpaired) electrons. The van der Waals surface area contributed by atoms with Crippen LogP contribution in [0.2, 0.25) is 0 Å². The first-order chi connectivity index (χ1) is 11.4. The summed E-state index contributed by atoms with van der Waals surface area (Å²) in [4.78, 5) is 25.0. The van der Waals surface area contributed by atoms with E-state index in [0.717, 1.165) is 24.2 Å². The Hall–Kier alpha value is -2.09. The van der Waals surface area contributed by atoms with E-state index in [9.17, 15) is 14.7 Å². The zero-order valence-corrected chi connectivity index (χ0v) is 14.5. The van der Waals surface area contributed by atoms with Crippen molar-refractivity contribution in [3.05, 3.63) is 17.0 Å². The maximum atomic E-state index is 12.4. The van der Waals surface area contributed by atoms with Crippen molar-refractivity contribution < 1.29 is 19.4 Å². The summed E-state index contributed by atoms with van der Waals surface area (Å²) >= 11 is 0. The van der Waals surface area contributed by atoms with Crippen molar-refractivity contribution in [2.75, 3.05) is 26.8 Å². The number of nitrogens with one attached hydrogen (secondary N) is 1. The third-order valence-corrected chi connectivity index (χ3v) is 4.13. The highest BCUT2D eigenvalue weighted by Crippen LogP contribution is 2.23. The fraction of sp³-hybridized carbons (Fsp3) is 0.688. The lowest BCUT2D eigenvalue weighted by atomic mass is 10.0. The molecule has 0 bridgehead atoms. The fourth-order valence-corrected chi connectivity index (χ4v) is 2.75. The van der Waals surface area contributed by atoms with Gasteiger partial charge < -0.3 is 20.1 Å². The molecule has 0 saturated carbocycles. The van der Waals surface area contributed by atoms with Crippen molar-refractivity contribution in [1.82, 2.24) is 20.0 Å². The molecule has 2 amide bonds. The van der Waals surface area contributed by atoms with Crippen molar-refractivity contribution in [2.45, 2.75) is 39.8 Å². The number of carbonyl (C=O) groups excluding carboxylic acids is 1. The number of aromatic nitrogens is 2. The molecule has 1 aliphatic heterocycles. The number of fused-ring (bicyclic) bond motifs is 1. The average Bonchev–Trinajstić information content (AvgIpc) is 2.91. The molecule has 8 heteroatoms. The molecule has 0 saturated heterocycles. The first kappa shape index (κ1) is 18.3. The largest absolute Gasteiger partial charge is 0.465 e. The molecule has 0 aromatic carbocycles. The Labute approximate surface area is 141 Å². The zero-order valence-electron chi connectivity index (χ0n) is 14.5. The SMILES string of the molecule is COCCNC(=O)c1nn(CCC(C)C)c2c1CN(C(=O)O)CC2. The molecule has 1 aromatic rings. The molecule has 134 valence electrons. The molecule has 24 heavy (non-hydrogen) atoms. The lowest BCUT2D eigenvalue weighted by Crippen LogP contribution is -2.36. The molecule has 0 aliphatic carbocycles. The Morgan fingerprint density at radius 2 is 2.17 bits per heavy atom. The number of hydrogen-bond donors (Lipinski definition) is 2. The molecule has 2 heterocycles. The minimum atomic E-state index is -0.971. The first-order valence-corrected chi connectivity index (χ1v) is 8.27. The molecule has 1 aromatic heterocycles. The van der Waals surface area contributed by atoms with Crippen LogP contribution in [0.15, 0.2) is 0 Å². The summed E-state index contributed by atoms with van der Waals surface area (Å²) in [5.74, 6) is 0.252. The van der Waals surface area contributed by atoms with Gasteiger partial charge in [0.25, 0.3) is 5.91 Å². The van der Waals surface area contributed by atoms with Crippen molar-refractivity contribution in [3.63, 3.8) is 0 Å². The van der Waals surface area contributed by atoms with Gasteiger partial charge in [0.05, 0.1) is 13.2 Å². The minimum absolute atomic E-state index is 0.208. The second-order valence-electron chi connectivity index (χ2n) is 6.38. The smallest absolute Gasteiger partial charge is 0.407 e. The Morgan fingerprint density at radius 1 is 1.42 bits per heavy atom. The topological polar surface area (TPSA) is 96.7 Å². The number of rotatable bonds is 7. The second kappa shape index (κ2) is 8.14. The molecule has 2 rings (SSSR count). The van der Waals surface area contributed by atoms with E-state index in [4.69, 9.17) is 4.74 Å². The Bertz CT molecular complexity index is 597. The number of nitrogens with zero attached hydrogens (tertiary/aromatic N) is 3. The minimum Gasteiger partial charge on any atom is -0.465 e. The standard InChI is InChI=1S/C16H26N4O4/c1-11(2)4-8-20-13-5-7-19(16(22)23)10-12(13)14(18-20)15(21)17-6-9-24-3/h11H,4-10H2,1-3H3,(H,17,21)(H,22,23). The van der Waals surface area contributed by atoms with Gasteiger partial charge in [-0.05, 0) is 12.3 Å². The quantitative estimate of drug-likeness (QED) is 0.731. The van der Waals surface area contributed by atoms with Gasteiger partial charge in [0, 0.05) is 44.4 Å². The van der Waals surface area contributed by atoms with E-state index in [0.29, 0.717) is 37.7 Å². The van der Waals surface area contributed by atoms with Crippen molar-refractivity contribution in [3.8, 4) is 0 Å². The van der Waals surface area contributed by atoms with E-state index < -0.39 is 6.09 Å². The molecule has 0 spiro atoms. The summed E-state index contributed by atoms with van der Waals surface area (Å²) < 4.78 is 6.81. The maximum Gasteiger partial charge on any atom is 0.407 e. The van der Waals surface area contributed by atoms with Gasteiger partial charge in [0.2, 0.25) is 0 Å². The Kier molecular flexibility index (Phi) is 6.19. The predicted molar refractivity (Wildman–Crippen MR) is 88.0 cm³/mol. The Morgan fingerprint density at radius 3 is 2.79 bits per heavy atom. The van der Waals surface area contributed by atoms with Gasteiger partial charge in [-0.2, -0.15) is 5.10 Å². The third-order valence-electron chi connectivity index (χ3n) is 4.13. The summed E-state index contributed by atoms with van der Waals surface area (Å²) in [5.41, 5.74) is 2.03. The van der Waals surface area contributed by atoms with E-state index in [1.54, 1.807) is 7.11 Å². The molecular formula is C16H26N4O4. The number of carbonyl (C=O) groups is 2. The maximum absolute atomic E-state index is 12.4. The van der Waals surface area contributed by atoms with Crippen LogP contribution in [-0.2, 0) is 24.2 Å². The lowest BCUT2D eigenvalue weighted by Gasteiger charge is -2.25. The molecule has 2 N–H and O–H groups in total. The number of carboxylic acid groups (broad SMARTS) is 1. The fourth-order valence-electron chi connectivity index (χ4n) is 2.75. The van der Waals surface area contributed by atoms with Crippen LogP contribution in [0.4, 0.5) is 4.79 Å². The van der Waals surface area contributed by atoms with Gasteiger partial charge in [0.15, 0.2) is 5.69 Å². The molecule has 0 unspecified atom stereocenters. The van der Waals surface area contributed by atoms with E-state index in [1.165, 1.54) is 4.90 Å². The van der Waals surface area contributed by atoms with Crippen LogP contribution in [0.1, 0.15) is 42.0 Å². The summed E-state index contributed by atoms with van der Waals surface area (Å²) in [7, 11) is 1.57. The summed E-state index contributed by atoms with van der Waals surface area (Å²) in [5, 5.41) is 16.5. The van der Waals surface area contributed by atoms with E-state index >= 15 is 0 Å². The van der Waals surface area contributed by atoms with E-state index in [2.05, 4.69) is 24.3 Å². The molecular weight excluding hydrogens is 312 g/mol. The second-order valence-corrected chi connectivity index (χ2v) is 6.38. The van der Waals surface area contributed by atoms with Crippen LogP contribution in [0.5, 0.6) is 0 Å². The predicted octanol–water partition coefficient (Wildman–Crippen LogP) is 1.34. The third kappa shape index (κ3) is 4.25. The molecule has 8 nitrogen and oxygen atoms in total. The van der Waals surface area contributed by atoms with Crippen LogP contribution in [0.25, 0.3) is 0 Å². The number of ether oxygens (including phenoxy) is 1. The van der Waals surface area contributed by atoms with Crippen LogP contribution in [-0.4, -0.2) is 58.6 Å². The zero-order chi connectivity index (χ0) is 17.7. The van der Waals surface area contributed by atoms with E-state index in [-0.39, 0.29) is 12.5 Å². The average molecular weight is 338 g/mol. The highest BCUT2D eigenvalue weighted by Gasteiger charge is 2.29. The van der Waals surface area contributed by atoms with Crippen LogP contribution >= 0.6 is 0 Å². The number of amides is 2. The van der Waals surface area contributed by atoms with Gasteiger partial charge in [-0.25, -0.2) is 4.79 Å². The summed E-state index contributed by atoms with van der Waals surface area (Å²) in [6.45, 7) is 6.47. The molecule has 0 fully saturated rings. The van der Waals surface area contributed by atoms with Crippen molar-refractivity contribution in [2.24, 2.45) is 5.92 Å². The van der Waals surface area contributed by atoms with Crippen molar-refractivity contribution in [1.29, 1.82) is 0 Å². The van der Waals surface area contributed by atoms with Crippen LogP contribution < -0.4 is 5.32 Å². The highest BCUT2D eigenvalue weighted by atomic mass is 16.5. The monoisotopic (exact) mass is 338 g/mol. The normalized spacial score (nSPS) is 13.9. The summed E-state index contributed by atoms with van der Waals surface area (Å²) in [6.07, 6.45) is 0.570. The Balaban J connectivity index is 2.24. The number of hydrogen-bond acceptors (Lipinski definition) is 4. The lowest BCUT2D eigenvalue weighted by molar-refractivity contribution is 0.0927. The van der Waals surface area contributed by atoms with Crippen molar-refractivity contribution >= 4 is 12.0 Å². The molecule has 1 aliphatic rings. The van der Waals surface area contributed by atoms with Crippen LogP contribution in [0.3, 0.4) is 0 Å². The van der Waals surface area contributed by atoms with E-state index in [1.807, 2.05) is 4.68 Å². The number of aryl methyl sites for hydroxylation is 1. The summed E-state index contributed by atoms with van der Waals surface area (Å²) in [6, 6.07) is 0. The highest BCUT2D eigenvalue weighted by molar-refractivity contribution is 5.94. The number of methoxy groups -OCH3 is 1. The van der Waals surface area contributed by atoms with Gasteiger partial charge in [-0.15, -0.1) is 0 Å². The molecule has 0 atom stereocenters. The van der Waals surface area contributed by atoms with Gasteiger partial charge in [0.1, 0.15) is 0 Å².